The molecular formula is C13H13F5N2S. The molecule has 0 aliphatic heterocycles. The number of anilines is 1. The lowest BCUT2D eigenvalue weighted by molar-refractivity contribution is 0.364. The van der Waals surface area contributed by atoms with E-state index in [9.17, 15) is 19.4 Å². The molecule has 1 aromatic carbocycles. The SMILES string of the molecule is C[C@H](Nc1cccc(S(F)(F)(F)(F)F)c1)c1cccnc1. The Hall–Kier alpha value is -1.83. The van der Waals surface area contributed by atoms with Crippen LogP contribution in [0, 0.1) is 0 Å². The molecule has 0 aliphatic rings. The van der Waals surface area contributed by atoms with Crippen LogP contribution in [0.1, 0.15) is 18.5 Å². The van der Waals surface area contributed by atoms with E-state index in [0.717, 1.165) is 11.6 Å². The van der Waals surface area contributed by atoms with Crippen molar-refractivity contribution in [2.45, 2.75) is 17.9 Å². The zero-order valence-electron chi connectivity index (χ0n) is 10.9. The standard InChI is InChI=1S/C13H13F5N2S/c1-10(11-4-3-7-19-9-11)20-12-5-2-6-13(8-12)21(14,15,16,17)18/h2-10,20H,1H3/t10-/m0/s1. The molecule has 116 valence electrons. The molecule has 21 heavy (non-hydrogen) atoms. The van der Waals surface area contributed by atoms with E-state index in [0.29, 0.717) is 12.1 Å². The summed E-state index contributed by atoms with van der Waals surface area (Å²) in [6.07, 6.45) is 3.11. The van der Waals surface area contributed by atoms with Crippen molar-refractivity contribution in [1.29, 1.82) is 0 Å². The molecule has 0 fully saturated rings. The number of nitrogens with zero attached hydrogens (tertiary/aromatic N) is 1. The average Bonchev–Trinajstić information content (AvgIpc) is 2.37. The summed E-state index contributed by atoms with van der Waals surface area (Å²) in [6, 6.07) is 6.10. The second-order valence-electron chi connectivity index (χ2n) is 4.65. The Kier molecular flexibility index (Phi) is 3.21. The summed E-state index contributed by atoms with van der Waals surface area (Å²) in [6.45, 7) is 1.70. The van der Waals surface area contributed by atoms with Crippen molar-refractivity contribution in [3.8, 4) is 0 Å². The van der Waals surface area contributed by atoms with Gasteiger partial charge in [0, 0.05) is 18.1 Å². The van der Waals surface area contributed by atoms with Gasteiger partial charge in [0.25, 0.3) is 0 Å². The summed E-state index contributed by atoms with van der Waals surface area (Å²) in [5.74, 6) is 0. The van der Waals surface area contributed by atoms with Gasteiger partial charge in [0.05, 0.1) is 6.04 Å². The fourth-order valence-corrected chi connectivity index (χ4v) is 2.48. The lowest BCUT2D eigenvalue weighted by atomic mass is 10.1. The molecule has 0 amide bonds. The number of pyridine rings is 1. The summed E-state index contributed by atoms with van der Waals surface area (Å²) >= 11 is 0. The number of nitrogens with one attached hydrogen (secondary N) is 1. The first-order valence-corrected chi connectivity index (χ1v) is 7.91. The number of halogens is 5. The van der Waals surface area contributed by atoms with Gasteiger partial charge in [-0.15, -0.1) is 0 Å². The molecule has 2 rings (SSSR count). The average molecular weight is 324 g/mol. The monoisotopic (exact) mass is 324 g/mol. The fourth-order valence-electron chi connectivity index (χ4n) is 1.79. The number of benzene rings is 1. The van der Waals surface area contributed by atoms with Gasteiger partial charge < -0.3 is 5.32 Å². The van der Waals surface area contributed by atoms with Crippen molar-refractivity contribution in [3.05, 3.63) is 54.4 Å². The summed E-state index contributed by atoms with van der Waals surface area (Å²) < 4.78 is 63.8. The van der Waals surface area contributed by atoms with Gasteiger partial charge in [-0.25, -0.2) is 0 Å². The predicted octanol–water partition coefficient (Wildman–Crippen LogP) is 5.91. The minimum Gasteiger partial charge on any atom is -0.378 e. The van der Waals surface area contributed by atoms with Crippen LogP contribution >= 0.6 is 10.2 Å². The highest BCUT2D eigenvalue weighted by atomic mass is 32.5. The predicted molar refractivity (Wildman–Crippen MR) is 74.1 cm³/mol. The van der Waals surface area contributed by atoms with E-state index in [-0.39, 0.29) is 11.7 Å². The van der Waals surface area contributed by atoms with Gasteiger partial charge in [-0.2, -0.15) is 0 Å². The molecule has 0 saturated heterocycles. The van der Waals surface area contributed by atoms with Gasteiger partial charge in [0.1, 0.15) is 4.90 Å². The molecule has 0 saturated carbocycles. The molecule has 2 nitrogen and oxygen atoms in total. The Balaban J connectivity index is 2.28. The van der Waals surface area contributed by atoms with Crippen LogP contribution in [-0.4, -0.2) is 4.98 Å². The van der Waals surface area contributed by atoms with Gasteiger partial charge in [0.2, 0.25) is 0 Å². The van der Waals surface area contributed by atoms with Gasteiger partial charge in [-0.05, 0) is 36.8 Å². The van der Waals surface area contributed by atoms with Gasteiger partial charge >= 0.3 is 10.2 Å². The minimum atomic E-state index is -9.66. The number of aromatic nitrogens is 1. The lowest BCUT2D eigenvalue weighted by Gasteiger charge is -2.40. The van der Waals surface area contributed by atoms with Crippen LogP contribution in [0.15, 0.2) is 53.7 Å². The molecule has 0 spiro atoms. The van der Waals surface area contributed by atoms with Crippen LogP contribution in [0.5, 0.6) is 0 Å². The van der Waals surface area contributed by atoms with Gasteiger partial charge in [0.15, 0.2) is 0 Å². The summed E-state index contributed by atoms with van der Waals surface area (Å²) in [4.78, 5) is 1.99. The smallest absolute Gasteiger partial charge is 0.310 e. The largest absolute Gasteiger partial charge is 0.378 e. The molecule has 8 heteroatoms. The molecule has 0 radical (unpaired) electrons. The lowest BCUT2D eigenvalue weighted by Crippen LogP contribution is -2.09. The maximum absolute atomic E-state index is 12.8. The summed E-state index contributed by atoms with van der Waals surface area (Å²) in [5, 5.41) is 2.75. The van der Waals surface area contributed by atoms with Crippen LogP contribution in [0.25, 0.3) is 0 Å². The quantitative estimate of drug-likeness (QED) is 0.707. The maximum Gasteiger partial charge on any atom is 0.310 e. The molecule has 2 aromatic rings. The van der Waals surface area contributed by atoms with Crippen LogP contribution < -0.4 is 5.32 Å². The Labute approximate surface area is 118 Å². The van der Waals surface area contributed by atoms with Crippen molar-refractivity contribution in [3.63, 3.8) is 0 Å². The maximum atomic E-state index is 12.8. The third kappa shape index (κ3) is 4.07. The highest BCUT2D eigenvalue weighted by Crippen LogP contribution is 3.02. The van der Waals surface area contributed by atoms with Gasteiger partial charge in [-0.1, -0.05) is 31.6 Å². The van der Waals surface area contributed by atoms with Crippen LogP contribution in [0.2, 0.25) is 0 Å². The zero-order chi connectivity index (χ0) is 15.8. The molecule has 1 aromatic heterocycles. The van der Waals surface area contributed by atoms with Crippen LogP contribution in [0.4, 0.5) is 25.1 Å². The third-order valence-corrected chi connectivity index (χ3v) is 3.99. The van der Waals surface area contributed by atoms with Crippen molar-refractivity contribution < 1.29 is 19.4 Å². The Morgan fingerprint density at radius 2 is 1.76 bits per heavy atom. The summed E-state index contributed by atoms with van der Waals surface area (Å²) in [5.41, 5.74) is 0.701. The van der Waals surface area contributed by atoms with Crippen LogP contribution in [0.3, 0.4) is 0 Å². The fraction of sp³-hybridized carbons (Fsp3) is 0.154. The van der Waals surface area contributed by atoms with E-state index in [1.54, 1.807) is 31.5 Å². The van der Waals surface area contributed by atoms with E-state index >= 15 is 0 Å². The Morgan fingerprint density at radius 3 is 2.33 bits per heavy atom. The van der Waals surface area contributed by atoms with Crippen molar-refractivity contribution >= 4 is 15.9 Å². The number of hydrogen-bond donors (Lipinski definition) is 1. The summed E-state index contributed by atoms with van der Waals surface area (Å²) in [7, 11) is -9.66. The Bertz CT molecular complexity index is 642. The molecule has 1 heterocycles. The van der Waals surface area contributed by atoms with E-state index < -0.39 is 15.1 Å². The molecule has 0 aliphatic carbocycles. The van der Waals surface area contributed by atoms with E-state index in [1.165, 1.54) is 6.07 Å². The topological polar surface area (TPSA) is 24.9 Å². The second kappa shape index (κ2) is 4.33. The van der Waals surface area contributed by atoms with Crippen molar-refractivity contribution in [2.24, 2.45) is 0 Å². The van der Waals surface area contributed by atoms with Crippen molar-refractivity contribution in [2.75, 3.05) is 5.32 Å². The number of rotatable bonds is 4. The first-order chi connectivity index (χ1) is 9.45. The van der Waals surface area contributed by atoms with Gasteiger partial charge in [-0.3, -0.25) is 4.98 Å². The highest BCUT2D eigenvalue weighted by Gasteiger charge is 2.65. The molecule has 1 N–H and O–H groups in total. The second-order valence-corrected chi connectivity index (χ2v) is 7.06. The normalized spacial score (nSPS) is 16.7. The van der Waals surface area contributed by atoms with Crippen molar-refractivity contribution in [1.82, 2.24) is 4.98 Å². The first kappa shape index (κ1) is 15.6. The highest BCUT2D eigenvalue weighted by molar-refractivity contribution is 8.45. The first-order valence-electron chi connectivity index (χ1n) is 5.96. The Morgan fingerprint density at radius 1 is 1.05 bits per heavy atom. The zero-order valence-corrected chi connectivity index (χ0v) is 11.8. The molecule has 1 atom stereocenters. The van der Waals surface area contributed by atoms with E-state index in [1.807, 2.05) is 0 Å². The molecule has 0 bridgehead atoms. The molecular weight excluding hydrogens is 311 g/mol. The molecule has 0 unspecified atom stereocenters. The van der Waals surface area contributed by atoms with Crippen LogP contribution in [-0.2, 0) is 0 Å². The van der Waals surface area contributed by atoms with E-state index in [2.05, 4.69) is 10.3 Å². The third-order valence-electron chi connectivity index (χ3n) is 2.85. The number of hydrogen-bond acceptors (Lipinski definition) is 2. The minimum absolute atomic E-state index is 0.0305. The van der Waals surface area contributed by atoms with E-state index in [4.69, 9.17) is 0 Å².